The van der Waals surface area contributed by atoms with Gasteiger partial charge in [0.1, 0.15) is 18.2 Å². The molecule has 39 heavy (non-hydrogen) atoms. The second kappa shape index (κ2) is 11.3. The zero-order chi connectivity index (χ0) is 27.4. The van der Waals surface area contributed by atoms with Crippen LogP contribution in [0.4, 0.5) is 20.3 Å². The molecule has 0 radical (unpaired) electrons. The molecule has 3 heterocycles. The molecule has 0 saturated heterocycles. The zero-order valence-electron chi connectivity index (χ0n) is 21.0. The lowest BCUT2D eigenvalue weighted by Crippen LogP contribution is -2.28. The average molecular weight is 533 g/mol. The topological polar surface area (TPSA) is 121 Å². The normalized spacial score (nSPS) is 14.8. The van der Waals surface area contributed by atoms with Crippen LogP contribution in [0.2, 0.25) is 0 Å². The molecule has 1 unspecified atom stereocenters. The monoisotopic (exact) mass is 532 g/mol. The third-order valence-electron chi connectivity index (χ3n) is 6.46. The number of hydrogen-bond donors (Lipinski definition) is 4. The van der Waals surface area contributed by atoms with E-state index in [1.165, 1.54) is 6.07 Å². The molecule has 0 fully saturated rings. The maximum Gasteiger partial charge on any atom is 0.255 e. The number of imidazole rings is 1. The molecule has 0 saturated carbocycles. The summed E-state index contributed by atoms with van der Waals surface area (Å²) in [6.07, 6.45) is 5.38. The SMILES string of the molecule is C[C@H](NC(=O)c1cccnc1NCCOc1ccc2c(c1)NC(=O)C2Cc1cnc[nH]1)c1ccc(F)c(F)c1. The summed E-state index contributed by atoms with van der Waals surface area (Å²) in [7, 11) is 0. The standard InChI is InChI=1S/C28H26F2N6O3/c1-16(17-4-7-23(29)24(30)11-17)35-27(37)21-3-2-8-32-26(21)33-9-10-39-19-5-6-20-22(12-18-14-31-15-34-18)28(38)36-25(20)13-19/h2-8,11,13-16,22H,9-10,12H2,1H3,(H,31,34)(H,32,33)(H,35,37)(H,36,38)/t16-,22?/m0/s1. The third-order valence-corrected chi connectivity index (χ3v) is 6.46. The van der Waals surface area contributed by atoms with E-state index in [0.29, 0.717) is 41.3 Å². The summed E-state index contributed by atoms with van der Waals surface area (Å²) in [4.78, 5) is 36.7. The Kier molecular flexibility index (Phi) is 7.48. The van der Waals surface area contributed by atoms with Gasteiger partial charge in [-0.2, -0.15) is 0 Å². The molecule has 2 aromatic carbocycles. The van der Waals surface area contributed by atoms with Crippen molar-refractivity contribution < 1.29 is 23.1 Å². The second-order valence-electron chi connectivity index (χ2n) is 9.12. The van der Waals surface area contributed by atoms with Crippen LogP contribution in [-0.4, -0.2) is 39.9 Å². The van der Waals surface area contributed by atoms with Gasteiger partial charge in [0.15, 0.2) is 11.6 Å². The first-order valence-electron chi connectivity index (χ1n) is 12.4. The number of H-pyrrole nitrogens is 1. The summed E-state index contributed by atoms with van der Waals surface area (Å²) in [6.45, 7) is 2.30. The number of amides is 2. The summed E-state index contributed by atoms with van der Waals surface area (Å²) < 4.78 is 32.7. The minimum absolute atomic E-state index is 0.0711. The van der Waals surface area contributed by atoms with Gasteiger partial charge < -0.3 is 25.7 Å². The predicted octanol–water partition coefficient (Wildman–Crippen LogP) is 4.34. The van der Waals surface area contributed by atoms with E-state index in [4.69, 9.17) is 4.74 Å². The number of nitrogens with zero attached hydrogens (tertiary/aromatic N) is 2. The molecule has 0 spiro atoms. The predicted molar refractivity (Wildman–Crippen MR) is 141 cm³/mol. The van der Waals surface area contributed by atoms with Gasteiger partial charge in [0.2, 0.25) is 5.91 Å². The van der Waals surface area contributed by atoms with Crippen LogP contribution in [-0.2, 0) is 11.2 Å². The van der Waals surface area contributed by atoms with Gasteiger partial charge in [-0.05, 0) is 48.4 Å². The first kappa shape index (κ1) is 25.8. The van der Waals surface area contributed by atoms with Crippen molar-refractivity contribution in [2.45, 2.75) is 25.3 Å². The fourth-order valence-electron chi connectivity index (χ4n) is 4.42. The summed E-state index contributed by atoms with van der Waals surface area (Å²) in [5.41, 5.74) is 3.24. The van der Waals surface area contributed by atoms with Crippen LogP contribution in [0.1, 0.15) is 46.1 Å². The molecule has 4 N–H and O–H groups in total. The molecule has 9 nitrogen and oxygen atoms in total. The Morgan fingerprint density at radius 1 is 1.15 bits per heavy atom. The van der Waals surface area contributed by atoms with Crippen LogP contribution in [0.25, 0.3) is 0 Å². The first-order chi connectivity index (χ1) is 18.9. The molecule has 11 heteroatoms. The number of carbonyl (C=O) groups excluding carboxylic acids is 2. The number of anilines is 2. The maximum absolute atomic E-state index is 13.6. The molecule has 2 atom stereocenters. The zero-order valence-corrected chi connectivity index (χ0v) is 21.0. The number of ether oxygens (including phenoxy) is 1. The van der Waals surface area contributed by atoms with E-state index < -0.39 is 23.6 Å². The lowest BCUT2D eigenvalue weighted by molar-refractivity contribution is -0.117. The molecule has 0 bridgehead atoms. The number of aromatic amines is 1. The van der Waals surface area contributed by atoms with Crippen molar-refractivity contribution in [2.75, 3.05) is 23.8 Å². The van der Waals surface area contributed by atoms with E-state index in [-0.39, 0.29) is 18.4 Å². The molecular formula is C28H26F2N6O3. The van der Waals surface area contributed by atoms with Crippen molar-refractivity contribution in [2.24, 2.45) is 0 Å². The number of carbonyl (C=O) groups is 2. The average Bonchev–Trinajstić information content (AvgIpc) is 3.55. The van der Waals surface area contributed by atoms with Gasteiger partial charge in [-0.15, -0.1) is 0 Å². The quantitative estimate of drug-likeness (QED) is 0.226. The van der Waals surface area contributed by atoms with Crippen molar-refractivity contribution in [3.63, 3.8) is 0 Å². The highest BCUT2D eigenvalue weighted by Crippen LogP contribution is 2.36. The van der Waals surface area contributed by atoms with Gasteiger partial charge >= 0.3 is 0 Å². The van der Waals surface area contributed by atoms with E-state index >= 15 is 0 Å². The number of aromatic nitrogens is 3. The van der Waals surface area contributed by atoms with Crippen molar-refractivity contribution in [1.29, 1.82) is 0 Å². The van der Waals surface area contributed by atoms with Gasteiger partial charge in [0.05, 0.1) is 30.4 Å². The van der Waals surface area contributed by atoms with Gasteiger partial charge in [0, 0.05) is 36.3 Å². The van der Waals surface area contributed by atoms with Crippen LogP contribution < -0.4 is 20.7 Å². The summed E-state index contributed by atoms with van der Waals surface area (Å²) >= 11 is 0. The fourth-order valence-corrected chi connectivity index (χ4v) is 4.42. The summed E-state index contributed by atoms with van der Waals surface area (Å²) in [5, 5.41) is 8.79. The van der Waals surface area contributed by atoms with Crippen LogP contribution in [0.15, 0.2) is 67.3 Å². The number of benzene rings is 2. The Labute approximate surface area is 223 Å². The fraction of sp³-hybridized carbons (Fsp3) is 0.214. The molecule has 4 aromatic rings. The molecule has 2 aromatic heterocycles. The number of fused-ring (bicyclic) bond motifs is 1. The molecule has 200 valence electrons. The Morgan fingerprint density at radius 2 is 2.03 bits per heavy atom. The summed E-state index contributed by atoms with van der Waals surface area (Å²) in [5.74, 6) is -1.75. The Balaban J connectivity index is 1.16. The highest BCUT2D eigenvalue weighted by Gasteiger charge is 2.31. The Morgan fingerprint density at radius 3 is 2.82 bits per heavy atom. The number of pyridine rings is 1. The number of halogens is 2. The van der Waals surface area contributed by atoms with Gasteiger partial charge in [-0.25, -0.2) is 18.7 Å². The number of rotatable bonds is 10. The number of nitrogens with one attached hydrogen (secondary N) is 4. The minimum atomic E-state index is -0.975. The van der Waals surface area contributed by atoms with Crippen molar-refractivity contribution >= 4 is 23.3 Å². The van der Waals surface area contributed by atoms with E-state index in [1.54, 1.807) is 43.8 Å². The lowest BCUT2D eigenvalue weighted by Gasteiger charge is -2.16. The second-order valence-corrected chi connectivity index (χ2v) is 9.12. The smallest absolute Gasteiger partial charge is 0.255 e. The van der Waals surface area contributed by atoms with E-state index in [9.17, 15) is 18.4 Å². The van der Waals surface area contributed by atoms with Gasteiger partial charge in [-0.1, -0.05) is 12.1 Å². The highest BCUT2D eigenvalue weighted by molar-refractivity contribution is 6.03. The first-order valence-corrected chi connectivity index (χ1v) is 12.4. The molecule has 1 aliphatic rings. The Hall–Kier alpha value is -4.80. The third kappa shape index (κ3) is 5.87. The van der Waals surface area contributed by atoms with E-state index in [0.717, 1.165) is 23.4 Å². The van der Waals surface area contributed by atoms with Crippen molar-refractivity contribution in [1.82, 2.24) is 20.3 Å². The van der Waals surface area contributed by atoms with Crippen LogP contribution >= 0.6 is 0 Å². The minimum Gasteiger partial charge on any atom is -0.492 e. The summed E-state index contributed by atoms with van der Waals surface area (Å²) in [6, 6.07) is 11.7. The van der Waals surface area contributed by atoms with E-state index in [1.807, 2.05) is 12.1 Å². The number of hydrogen-bond acceptors (Lipinski definition) is 6. The highest BCUT2D eigenvalue weighted by atomic mass is 19.2. The largest absolute Gasteiger partial charge is 0.492 e. The van der Waals surface area contributed by atoms with Crippen LogP contribution in [0, 0.1) is 11.6 Å². The lowest BCUT2D eigenvalue weighted by atomic mass is 9.96. The van der Waals surface area contributed by atoms with Gasteiger partial charge in [-0.3, -0.25) is 9.59 Å². The maximum atomic E-state index is 13.6. The molecule has 1 aliphatic heterocycles. The Bertz CT molecular complexity index is 1490. The van der Waals surface area contributed by atoms with Crippen LogP contribution in [0.3, 0.4) is 0 Å². The van der Waals surface area contributed by atoms with Gasteiger partial charge in [0.25, 0.3) is 5.91 Å². The van der Waals surface area contributed by atoms with Crippen molar-refractivity contribution in [3.05, 3.63) is 101 Å². The molecule has 5 rings (SSSR count). The van der Waals surface area contributed by atoms with Crippen molar-refractivity contribution in [3.8, 4) is 5.75 Å². The van der Waals surface area contributed by atoms with Crippen LogP contribution in [0.5, 0.6) is 5.75 Å². The molecular weight excluding hydrogens is 506 g/mol. The van der Waals surface area contributed by atoms with E-state index in [2.05, 4.69) is 30.9 Å². The molecule has 0 aliphatic carbocycles. The molecule has 2 amide bonds.